The van der Waals surface area contributed by atoms with E-state index < -0.39 is 0 Å². The standard InChI is InChI=1S/C16H24N2O3/c1-16(2,3)15-17-11-9-13(20-4)14(21-5)10-12(11)18(15)7-6-8-19/h9-10,19H,6-8H2,1-5H3. The van der Waals surface area contributed by atoms with Gasteiger partial charge >= 0.3 is 0 Å². The summed E-state index contributed by atoms with van der Waals surface area (Å²) in [6, 6.07) is 3.85. The van der Waals surface area contributed by atoms with Crippen molar-refractivity contribution >= 4 is 11.0 Å². The van der Waals surface area contributed by atoms with Crippen LogP contribution >= 0.6 is 0 Å². The van der Waals surface area contributed by atoms with Crippen molar-refractivity contribution in [3.63, 3.8) is 0 Å². The number of nitrogens with zero attached hydrogens (tertiary/aromatic N) is 2. The van der Waals surface area contributed by atoms with E-state index in [0.717, 1.165) is 23.4 Å². The Bertz CT molecular complexity index is 626. The number of hydrogen-bond donors (Lipinski definition) is 1. The lowest BCUT2D eigenvalue weighted by molar-refractivity contribution is 0.278. The molecule has 5 nitrogen and oxygen atoms in total. The third-order valence-corrected chi connectivity index (χ3v) is 3.46. The molecule has 0 unspecified atom stereocenters. The first-order valence-electron chi connectivity index (χ1n) is 7.16. The predicted molar refractivity (Wildman–Crippen MR) is 83.2 cm³/mol. The van der Waals surface area contributed by atoms with E-state index in [-0.39, 0.29) is 12.0 Å². The van der Waals surface area contributed by atoms with Gasteiger partial charge in [0, 0.05) is 30.7 Å². The van der Waals surface area contributed by atoms with E-state index in [1.54, 1.807) is 14.2 Å². The average molecular weight is 292 g/mol. The van der Waals surface area contributed by atoms with Crippen LogP contribution < -0.4 is 9.47 Å². The van der Waals surface area contributed by atoms with E-state index in [2.05, 4.69) is 25.3 Å². The third kappa shape index (κ3) is 2.97. The van der Waals surface area contributed by atoms with Crippen LogP contribution in [0.15, 0.2) is 12.1 Å². The monoisotopic (exact) mass is 292 g/mol. The van der Waals surface area contributed by atoms with Gasteiger partial charge in [0.2, 0.25) is 0 Å². The lowest BCUT2D eigenvalue weighted by Gasteiger charge is -2.20. The Labute approximate surface area is 125 Å². The first kappa shape index (κ1) is 15.6. The summed E-state index contributed by atoms with van der Waals surface area (Å²) in [5.41, 5.74) is 1.82. The summed E-state index contributed by atoms with van der Waals surface area (Å²) < 4.78 is 12.9. The van der Waals surface area contributed by atoms with Crippen LogP contribution in [0.2, 0.25) is 0 Å². The van der Waals surface area contributed by atoms with Crippen LogP contribution in [0.4, 0.5) is 0 Å². The van der Waals surface area contributed by atoms with Gasteiger partial charge in [0.1, 0.15) is 5.82 Å². The molecule has 0 aliphatic heterocycles. The number of methoxy groups -OCH3 is 2. The second kappa shape index (κ2) is 5.93. The number of hydrogen-bond acceptors (Lipinski definition) is 4. The number of aliphatic hydroxyl groups excluding tert-OH is 1. The Hall–Kier alpha value is -1.75. The second-order valence-corrected chi connectivity index (χ2v) is 6.11. The highest BCUT2D eigenvalue weighted by Crippen LogP contribution is 2.34. The molecule has 0 amide bonds. The van der Waals surface area contributed by atoms with Gasteiger partial charge in [-0.25, -0.2) is 4.98 Å². The van der Waals surface area contributed by atoms with Gasteiger partial charge in [-0.15, -0.1) is 0 Å². The van der Waals surface area contributed by atoms with Crippen molar-refractivity contribution in [1.29, 1.82) is 0 Å². The van der Waals surface area contributed by atoms with E-state index >= 15 is 0 Å². The molecule has 0 bridgehead atoms. The maximum Gasteiger partial charge on any atom is 0.163 e. The summed E-state index contributed by atoms with van der Waals surface area (Å²) in [6.45, 7) is 7.31. The highest BCUT2D eigenvalue weighted by Gasteiger charge is 2.23. The third-order valence-electron chi connectivity index (χ3n) is 3.46. The van der Waals surface area contributed by atoms with Crippen molar-refractivity contribution < 1.29 is 14.6 Å². The topological polar surface area (TPSA) is 56.5 Å². The van der Waals surface area contributed by atoms with Crippen LogP contribution in [0, 0.1) is 0 Å². The summed E-state index contributed by atoms with van der Waals surface area (Å²) in [5, 5.41) is 9.14. The first-order chi connectivity index (χ1) is 9.92. The van der Waals surface area contributed by atoms with Crippen LogP contribution in [0.3, 0.4) is 0 Å². The summed E-state index contributed by atoms with van der Waals surface area (Å²) in [4.78, 5) is 4.77. The molecular formula is C16H24N2O3. The van der Waals surface area contributed by atoms with Crippen LogP contribution in [-0.2, 0) is 12.0 Å². The fraction of sp³-hybridized carbons (Fsp3) is 0.562. The van der Waals surface area contributed by atoms with Crippen molar-refractivity contribution in [1.82, 2.24) is 9.55 Å². The summed E-state index contributed by atoms with van der Waals surface area (Å²) in [6.07, 6.45) is 0.697. The highest BCUT2D eigenvalue weighted by molar-refractivity contribution is 5.81. The quantitative estimate of drug-likeness (QED) is 0.920. The molecule has 1 aromatic heterocycles. The van der Waals surface area contributed by atoms with E-state index in [1.807, 2.05) is 12.1 Å². The van der Waals surface area contributed by atoms with Crippen LogP contribution in [0.25, 0.3) is 11.0 Å². The van der Waals surface area contributed by atoms with Gasteiger partial charge in [0.05, 0.1) is 25.3 Å². The largest absolute Gasteiger partial charge is 0.493 e. The zero-order valence-corrected chi connectivity index (χ0v) is 13.4. The molecule has 2 aromatic rings. The number of benzene rings is 1. The number of fused-ring (bicyclic) bond motifs is 1. The van der Waals surface area contributed by atoms with Gasteiger partial charge in [-0.3, -0.25) is 0 Å². The van der Waals surface area contributed by atoms with Gasteiger partial charge in [0.15, 0.2) is 11.5 Å². The zero-order chi connectivity index (χ0) is 15.6. The second-order valence-electron chi connectivity index (χ2n) is 6.11. The van der Waals surface area contributed by atoms with E-state index in [4.69, 9.17) is 19.6 Å². The predicted octanol–water partition coefficient (Wildman–Crippen LogP) is 2.73. The zero-order valence-electron chi connectivity index (χ0n) is 13.4. The summed E-state index contributed by atoms with van der Waals surface area (Å²) in [5.74, 6) is 2.37. The molecule has 2 rings (SSSR count). The Balaban J connectivity index is 2.68. The smallest absolute Gasteiger partial charge is 0.163 e. The lowest BCUT2D eigenvalue weighted by atomic mass is 9.95. The van der Waals surface area contributed by atoms with E-state index in [1.165, 1.54) is 0 Å². The Morgan fingerprint density at radius 2 is 1.76 bits per heavy atom. The molecule has 0 spiro atoms. The number of ether oxygens (including phenoxy) is 2. The first-order valence-corrected chi connectivity index (χ1v) is 7.16. The Morgan fingerprint density at radius 3 is 2.29 bits per heavy atom. The normalized spacial score (nSPS) is 11.9. The Morgan fingerprint density at radius 1 is 1.14 bits per heavy atom. The maximum absolute atomic E-state index is 9.14. The lowest BCUT2D eigenvalue weighted by Crippen LogP contribution is -2.19. The molecule has 5 heteroatoms. The number of aliphatic hydroxyl groups is 1. The number of imidazole rings is 1. The van der Waals surface area contributed by atoms with Gasteiger partial charge in [0.25, 0.3) is 0 Å². The van der Waals surface area contributed by atoms with Crippen molar-refractivity contribution in [3.05, 3.63) is 18.0 Å². The number of rotatable bonds is 5. The van der Waals surface area contributed by atoms with Crippen molar-refractivity contribution in [2.24, 2.45) is 0 Å². The van der Waals surface area contributed by atoms with Gasteiger partial charge in [-0.1, -0.05) is 20.8 Å². The van der Waals surface area contributed by atoms with E-state index in [9.17, 15) is 0 Å². The minimum atomic E-state index is -0.0745. The minimum absolute atomic E-state index is 0.0745. The van der Waals surface area contributed by atoms with E-state index in [0.29, 0.717) is 17.9 Å². The summed E-state index contributed by atoms with van der Waals surface area (Å²) >= 11 is 0. The van der Waals surface area contributed by atoms with Crippen LogP contribution in [0.1, 0.15) is 33.0 Å². The molecule has 0 atom stereocenters. The molecule has 1 N–H and O–H groups in total. The van der Waals surface area contributed by atoms with Crippen LogP contribution in [0.5, 0.6) is 11.5 Å². The summed E-state index contributed by atoms with van der Waals surface area (Å²) in [7, 11) is 3.25. The van der Waals surface area contributed by atoms with Gasteiger partial charge in [-0.05, 0) is 6.42 Å². The molecule has 0 saturated heterocycles. The average Bonchev–Trinajstić information content (AvgIpc) is 2.81. The van der Waals surface area contributed by atoms with Crippen molar-refractivity contribution in [2.75, 3.05) is 20.8 Å². The molecule has 0 radical (unpaired) electrons. The molecule has 21 heavy (non-hydrogen) atoms. The van der Waals surface area contributed by atoms with Crippen molar-refractivity contribution in [2.45, 2.75) is 39.2 Å². The fourth-order valence-electron chi connectivity index (χ4n) is 2.48. The SMILES string of the molecule is COc1cc2nc(C(C)(C)C)n(CCCO)c2cc1OC. The Kier molecular flexibility index (Phi) is 4.42. The molecule has 116 valence electrons. The van der Waals surface area contributed by atoms with Gasteiger partial charge in [-0.2, -0.15) is 0 Å². The molecule has 0 saturated carbocycles. The fourth-order valence-corrected chi connectivity index (χ4v) is 2.48. The minimum Gasteiger partial charge on any atom is -0.493 e. The maximum atomic E-state index is 9.14. The van der Waals surface area contributed by atoms with Crippen molar-refractivity contribution in [3.8, 4) is 11.5 Å². The molecule has 1 aromatic carbocycles. The number of aryl methyl sites for hydroxylation is 1. The highest BCUT2D eigenvalue weighted by atomic mass is 16.5. The molecule has 0 aliphatic carbocycles. The number of aromatic nitrogens is 2. The molecule has 0 aliphatic rings. The van der Waals surface area contributed by atoms with Crippen LogP contribution in [-0.4, -0.2) is 35.5 Å². The molecular weight excluding hydrogens is 268 g/mol. The molecule has 1 heterocycles. The molecule has 0 fully saturated rings. The van der Waals surface area contributed by atoms with Gasteiger partial charge < -0.3 is 19.1 Å².